The van der Waals surface area contributed by atoms with Crippen LogP contribution in [0, 0.1) is 27.7 Å². The summed E-state index contributed by atoms with van der Waals surface area (Å²) < 4.78 is 10.4. The molecule has 0 aliphatic carbocycles. The number of ether oxygens (including phenoxy) is 1. The van der Waals surface area contributed by atoms with Crippen molar-refractivity contribution in [2.75, 3.05) is 0 Å². The first-order valence-corrected chi connectivity index (χ1v) is 6.15. The van der Waals surface area contributed by atoms with Crippen LogP contribution >= 0.6 is 0 Å². The molecule has 0 fully saturated rings. The Labute approximate surface area is 112 Å². The van der Waals surface area contributed by atoms with Crippen LogP contribution in [-0.2, 0) is 11.3 Å². The van der Waals surface area contributed by atoms with Crippen LogP contribution in [0.4, 0.5) is 0 Å². The number of carbonyl (C=O) groups excluding carboxylic acids is 1. The molecule has 0 aliphatic rings. The number of nitrogens with zero attached hydrogens (tertiary/aromatic N) is 1. The minimum Gasteiger partial charge on any atom is -0.457 e. The van der Waals surface area contributed by atoms with Crippen molar-refractivity contribution in [3.63, 3.8) is 0 Å². The second-order valence-electron chi connectivity index (χ2n) is 4.63. The van der Waals surface area contributed by atoms with E-state index in [1.807, 2.05) is 32.9 Å². The highest BCUT2D eigenvalue weighted by Crippen LogP contribution is 2.17. The summed E-state index contributed by atoms with van der Waals surface area (Å²) in [4.78, 5) is 12.1. The molecule has 0 saturated heterocycles. The van der Waals surface area contributed by atoms with E-state index in [4.69, 9.17) is 9.26 Å². The Hall–Kier alpha value is -2.10. The average molecular weight is 259 g/mol. The van der Waals surface area contributed by atoms with E-state index in [0.29, 0.717) is 11.3 Å². The van der Waals surface area contributed by atoms with Gasteiger partial charge in [0, 0.05) is 0 Å². The van der Waals surface area contributed by atoms with Crippen LogP contribution in [0.1, 0.15) is 38.5 Å². The smallest absolute Gasteiger partial charge is 0.338 e. The normalized spacial score (nSPS) is 10.5. The summed E-state index contributed by atoms with van der Waals surface area (Å²) in [5, 5.41) is 3.83. The lowest BCUT2D eigenvalue weighted by Crippen LogP contribution is -2.08. The Morgan fingerprint density at radius 1 is 1.26 bits per heavy atom. The fourth-order valence-electron chi connectivity index (χ4n) is 1.90. The van der Waals surface area contributed by atoms with E-state index in [1.54, 1.807) is 13.0 Å². The van der Waals surface area contributed by atoms with Gasteiger partial charge in [0.25, 0.3) is 0 Å². The molecule has 0 spiro atoms. The van der Waals surface area contributed by atoms with Crippen molar-refractivity contribution in [2.45, 2.75) is 34.3 Å². The number of benzene rings is 1. The monoisotopic (exact) mass is 259 g/mol. The van der Waals surface area contributed by atoms with Gasteiger partial charge in [-0.05, 0) is 44.9 Å². The summed E-state index contributed by atoms with van der Waals surface area (Å²) in [5.41, 5.74) is 4.22. The molecule has 0 unspecified atom stereocenters. The van der Waals surface area contributed by atoms with Crippen LogP contribution in [0.5, 0.6) is 0 Å². The zero-order valence-corrected chi connectivity index (χ0v) is 11.6. The quantitative estimate of drug-likeness (QED) is 0.794. The Kier molecular flexibility index (Phi) is 3.69. The molecule has 0 radical (unpaired) electrons. The van der Waals surface area contributed by atoms with Crippen molar-refractivity contribution in [3.05, 3.63) is 51.9 Å². The Morgan fingerprint density at radius 3 is 2.63 bits per heavy atom. The Morgan fingerprint density at radius 2 is 2.00 bits per heavy atom. The lowest BCUT2D eigenvalue weighted by Gasteiger charge is -2.08. The summed E-state index contributed by atoms with van der Waals surface area (Å²) in [6.45, 7) is 7.72. The predicted octanol–water partition coefficient (Wildman–Crippen LogP) is 3.27. The zero-order chi connectivity index (χ0) is 14.0. The fraction of sp³-hybridized carbons (Fsp3) is 0.333. The molecule has 4 heteroatoms. The van der Waals surface area contributed by atoms with Gasteiger partial charge in [0.15, 0.2) is 0 Å². The molecule has 100 valence electrons. The van der Waals surface area contributed by atoms with Crippen molar-refractivity contribution >= 4 is 5.97 Å². The first-order chi connectivity index (χ1) is 9.00. The van der Waals surface area contributed by atoms with Gasteiger partial charge in [-0.15, -0.1) is 0 Å². The van der Waals surface area contributed by atoms with E-state index < -0.39 is 0 Å². The molecule has 2 aromatic rings. The number of hydrogen-bond acceptors (Lipinski definition) is 4. The molecule has 0 saturated carbocycles. The van der Waals surface area contributed by atoms with E-state index in [9.17, 15) is 4.79 Å². The summed E-state index contributed by atoms with van der Waals surface area (Å²) in [5.74, 6) is 0.368. The second kappa shape index (κ2) is 5.26. The molecule has 0 atom stereocenters. The third-order valence-corrected chi connectivity index (χ3v) is 3.35. The van der Waals surface area contributed by atoms with Crippen LogP contribution < -0.4 is 0 Å². The molecule has 1 aromatic heterocycles. The van der Waals surface area contributed by atoms with Gasteiger partial charge in [0.1, 0.15) is 12.4 Å². The van der Waals surface area contributed by atoms with Gasteiger partial charge in [0.05, 0.1) is 16.8 Å². The van der Waals surface area contributed by atoms with E-state index >= 15 is 0 Å². The molecule has 0 aliphatic heterocycles. The standard InChI is InChI=1S/C15H17NO3/c1-9-6-5-7-13(10(9)2)15(17)18-8-14-11(3)16-19-12(14)4/h5-7H,8H2,1-4H3. The first kappa shape index (κ1) is 13.3. The number of aryl methyl sites for hydroxylation is 3. The summed E-state index contributed by atoms with van der Waals surface area (Å²) in [7, 11) is 0. The molecular formula is C15H17NO3. The third kappa shape index (κ3) is 2.67. The lowest BCUT2D eigenvalue weighted by atomic mass is 10.0. The van der Waals surface area contributed by atoms with Gasteiger partial charge in [-0.3, -0.25) is 0 Å². The zero-order valence-electron chi connectivity index (χ0n) is 11.6. The van der Waals surface area contributed by atoms with Crippen LogP contribution in [0.25, 0.3) is 0 Å². The molecule has 19 heavy (non-hydrogen) atoms. The Balaban J connectivity index is 2.12. The van der Waals surface area contributed by atoms with E-state index in [2.05, 4.69) is 5.16 Å². The highest BCUT2D eigenvalue weighted by molar-refractivity contribution is 5.91. The van der Waals surface area contributed by atoms with Gasteiger partial charge in [-0.25, -0.2) is 4.79 Å². The fourth-order valence-corrected chi connectivity index (χ4v) is 1.90. The maximum atomic E-state index is 12.1. The average Bonchev–Trinajstić information content (AvgIpc) is 2.70. The van der Waals surface area contributed by atoms with Crippen LogP contribution in [0.2, 0.25) is 0 Å². The summed E-state index contributed by atoms with van der Waals surface area (Å²) in [6.07, 6.45) is 0. The van der Waals surface area contributed by atoms with Crippen molar-refractivity contribution in [1.82, 2.24) is 5.16 Å². The SMILES string of the molecule is Cc1cccc(C(=O)OCc2c(C)noc2C)c1C. The number of rotatable bonds is 3. The second-order valence-corrected chi connectivity index (χ2v) is 4.63. The van der Waals surface area contributed by atoms with Gasteiger partial charge < -0.3 is 9.26 Å². The molecule has 0 N–H and O–H groups in total. The Bertz CT molecular complexity index is 594. The molecule has 2 rings (SSSR count). The predicted molar refractivity (Wildman–Crippen MR) is 71.0 cm³/mol. The van der Waals surface area contributed by atoms with Crippen molar-refractivity contribution in [3.8, 4) is 0 Å². The van der Waals surface area contributed by atoms with Gasteiger partial charge in [0.2, 0.25) is 0 Å². The topological polar surface area (TPSA) is 52.3 Å². The summed E-state index contributed by atoms with van der Waals surface area (Å²) in [6, 6.07) is 5.60. The van der Waals surface area contributed by atoms with E-state index in [0.717, 1.165) is 22.4 Å². The summed E-state index contributed by atoms with van der Waals surface area (Å²) >= 11 is 0. The van der Waals surface area contributed by atoms with E-state index in [1.165, 1.54) is 0 Å². The van der Waals surface area contributed by atoms with E-state index in [-0.39, 0.29) is 12.6 Å². The highest BCUT2D eigenvalue weighted by atomic mass is 16.5. The van der Waals surface area contributed by atoms with Crippen LogP contribution in [0.15, 0.2) is 22.7 Å². The lowest BCUT2D eigenvalue weighted by molar-refractivity contribution is 0.0470. The van der Waals surface area contributed by atoms with Crippen molar-refractivity contribution < 1.29 is 14.1 Å². The number of aromatic nitrogens is 1. The largest absolute Gasteiger partial charge is 0.457 e. The van der Waals surface area contributed by atoms with Gasteiger partial charge >= 0.3 is 5.97 Å². The molecule has 1 aromatic carbocycles. The van der Waals surface area contributed by atoms with Crippen LogP contribution in [-0.4, -0.2) is 11.1 Å². The highest BCUT2D eigenvalue weighted by Gasteiger charge is 2.15. The first-order valence-electron chi connectivity index (χ1n) is 6.15. The molecular weight excluding hydrogens is 242 g/mol. The molecule has 4 nitrogen and oxygen atoms in total. The van der Waals surface area contributed by atoms with Gasteiger partial charge in [-0.1, -0.05) is 17.3 Å². The maximum absolute atomic E-state index is 12.1. The molecule has 1 heterocycles. The van der Waals surface area contributed by atoms with Gasteiger partial charge in [-0.2, -0.15) is 0 Å². The van der Waals surface area contributed by atoms with Crippen molar-refractivity contribution in [1.29, 1.82) is 0 Å². The number of esters is 1. The third-order valence-electron chi connectivity index (χ3n) is 3.35. The van der Waals surface area contributed by atoms with Crippen LogP contribution in [0.3, 0.4) is 0 Å². The number of hydrogen-bond donors (Lipinski definition) is 0. The van der Waals surface area contributed by atoms with Crippen molar-refractivity contribution in [2.24, 2.45) is 0 Å². The maximum Gasteiger partial charge on any atom is 0.338 e. The minimum absolute atomic E-state index is 0.188. The number of carbonyl (C=O) groups is 1. The minimum atomic E-state index is -0.318. The molecule has 0 amide bonds. The molecule has 0 bridgehead atoms.